The largest absolute Gasteiger partial charge is 0.492 e. The number of carbonyl (C=O) groups excluding carboxylic acids is 3. The lowest BCUT2D eigenvalue weighted by molar-refractivity contribution is -0.123. The van der Waals surface area contributed by atoms with Gasteiger partial charge in [0.2, 0.25) is 0 Å². The molecule has 0 spiro atoms. The average molecular weight is 522 g/mol. The third kappa shape index (κ3) is 6.56. The molecule has 37 heavy (non-hydrogen) atoms. The van der Waals surface area contributed by atoms with E-state index in [9.17, 15) is 18.8 Å². The van der Waals surface area contributed by atoms with E-state index >= 15 is 0 Å². The first-order valence-corrected chi connectivity index (χ1v) is 12.3. The van der Waals surface area contributed by atoms with Crippen LogP contribution in [0.2, 0.25) is 0 Å². The Balaban J connectivity index is 1.44. The number of hydrogen-bond donors (Lipinski definition) is 0. The molecule has 0 unspecified atom stereocenters. The van der Waals surface area contributed by atoms with Gasteiger partial charge in [-0.25, -0.2) is 9.18 Å². The molecule has 1 aliphatic rings. The van der Waals surface area contributed by atoms with E-state index in [1.54, 1.807) is 25.1 Å². The Bertz CT molecular complexity index is 1340. The van der Waals surface area contributed by atoms with E-state index in [1.807, 2.05) is 31.2 Å². The van der Waals surface area contributed by atoms with Crippen LogP contribution in [-0.4, -0.2) is 41.8 Å². The van der Waals surface area contributed by atoms with Crippen LogP contribution in [0.4, 0.5) is 9.18 Å². The predicted molar refractivity (Wildman–Crippen MR) is 138 cm³/mol. The monoisotopic (exact) mass is 521 g/mol. The molecule has 0 aliphatic carbocycles. The number of nitrogens with zero attached hydrogens (tertiary/aromatic N) is 1. The van der Waals surface area contributed by atoms with Crippen LogP contribution in [-0.2, 0) is 4.79 Å². The smallest absolute Gasteiger partial charge is 0.343 e. The summed E-state index contributed by atoms with van der Waals surface area (Å²) >= 11 is 0.843. The molecule has 1 heterocycles. The minimum atomic E-state index is -0.664. The van der Waals surface area contributed by atoms with Gasteiger partial charge in [-0.15, -0.1) is 0 Å². The van der Waals surface area contributed by atoms with Gasteiger partial charge in [0.1, 0.15) is 18.2 Å². The molecule has 0 saturated carbocycles. The molecule has 0 N–H and O–H groups in total. The Morgan fingerprint density at radius 3 is 2.41 bits per heavy atom. The van der Waals surface area contributed by atoms with Gasteiger partial charge in [0.25, 0.3) is 11.1 Å². The van der Waals surface area contributed by atoms with Crippen LogP contribution in [0, 0.1) is 12.7 Å². The number of amides is 2. The highest BCUT2D eigenvalue weighted by Crippen LogP contribution is 2.35. The maximum Gasteiger partial charge on any atom is 0.343 e. The third-order valence-corrected chi connectivity index (χ3v) is 6.23. The lowest BCUT2D eigenvalue weighted by atomic mass is 10.1. The number of halogens is 1. The standard InChI is InChI=1S/C28H24FNO6S/c1-3-34-24-16-19(6-13-23(24)36-27(32)20-7-9-21(29)10-8-20)17-25-26(31)30(28(33)37-25)14-15-35-22-11-4-18(2)5-12-22/h4-13,16-17H,3,14-15H2,1-2H3/b25-17-. The van der Waals surface area contributed by atoms with Crippen molar-refractivity contribution in [2.24, 2.45) is 0 Å². The first-order valence-electron chi connectivity index (χ1n) is 11.5. The first-order chi connectivity index (χ1) is 17.8. The van der Waals surface area contributed by atoms with Crippen LogP contribution in [0.1, 0.15) is 28.4 Å². The van der Waals surface area contributed by atoms with Gasteiger partial charge in [-0.3, -0.25) is 14.5 Å². The molecule has 7 nitrogen and oxygen atoms in total. The molecule has 0 aromatic heterocycles. The Hall–Kier alpha value is -4.11. The molecule has 0 atom stereocenters. The van der Waals surface area contributed by atoms with Gasteiger partial charge in [0.05, 0.1) is 23.6 Å². The quantitative estimate of drug-likeness (QED) is 0.198. The lowest BCUT2D eigenvalue weighted by Gasteiger charge is -2.13. The molecule has 1 aliphatic heterocycles. The summed E-state index contributed by atoms with van der Waals surface area (Å²) in [5.41, 5.74) is 1.88. The van der Waals surface area contributed by atoms with Crippen LogP contribution in [0.5, 0.6) is 17.2 Å². The molecule has 0 bridgehead atoms. The second kappa shape index (κ2) is 11.7. The van der Waals surface area contributed by atoms with Gasteiger partial charge in [-0.05, 0) is 85.8 Å². The average Bonchev–Trinajstić information content (AvgIpc) is 3.14. The van der Waals surface area contributed by atoms with Crippen LogP contribution in [0.3, 0.4) is 0 Å². The van der Waals surface area contributed by atoms with Gasteiger partial charge in [-0.1, -0.05) is 23.8 Å². The van der Waals surface area contributed by atoms with Crippen LogP contribution < -0.4 is 14.2 Å². The number of carbonyl (C=O) groups is 3. The fraction of sp³-hybridized carbons (Fsp3) is 0.179. The number of hydrogen-bond acceptors (Lipinski definition) is 7. The molecule has 1 saturated heterocycles. The number of aryl methyl sites for hydroxylation is 1. The molecule has 0 radical (unpaired) electrons. The third-order valence-electron chi connectivity index (χ3n) is 5.33. The maximum absolute atomic E-state index is 13.1. The molecule has 190 valence electrons. The van der Waals surface area contributed by atoms with Crippen molar-refractivity contribution in [2.45, 2.75) is 13.8 Å². The van der Waals surface area contributed by atoms with Crippen LogP contribution in [0.25, 0.3) is 6.08 Å². The summed E-state index contributed by atoms with van der Waals surface area (Å²) in [6, 6.07) is 17.3. The van der Waals surface area contributed by atoms with Crippen LogP contribution >= 0.6 is 11.8 Å². The predicted octanol–water partition coefficient (Wildman–Crippen LogP) is 5.87. The number of ether oxygens (including phenoxy) is 3. The highest BCUT2D eigenvalue weighted by molar-refractivity contribution is 8.18. The summed E-state index contributed by atoms with van der Waals surface area (Å²) in [6.07, 6.45) is 1.58. The second-order valence-electron chi connectivity index (χ2n) is 8.03. The fourth-order valence-electron chi connectivity index (χ4n) is 3.45. The zero-order chi connectivity index (χ0) is 26.4. The molecule has 3 aromatic rings. The van der Waals surface area contributed by atoms with Crippen molar-refractivity contribution in [1.29, 1.82) is 0 Å². The van der Waals surface area contributed by atoms with Crippen molar-refractivity contribution in [2.75, 3.05) is 19.8 Å². The zero-order valence-electron chi connectivity index (χ0n) is 20.2. The van der Waals surface area contributed by atoms with Crippen molar-refractivity contribution in [3.05, 3.63) is 94.1 Å². The summed E-state index contributed by atoms with van der Waals surface area (Å²) in [5.74, 6) is -0.405. The van der Waals surface area contributed by atoms with E-state index in [0.29, 0.717) is 17.9 Å². The summed E-state index contributed by atoms with van der Waals surface area (Å²) in [4.78, 5) is 39.1. The molecule has 2 amide bonds. The highest BCUT2D eigenvalue weighted by Gasteiger charge is 2.34. The number of imide groups is 1. The molecule has 9 heteroatoms. The van der Waals surface area contributed by atoms with Crippen molar-refractivity contribution >= 4 is 35.0 Å². The van der Waals surface area contributed by atoms with Gasteiger partial charge >= 0.3 is 5.97 Å². The normalized spacial score (nSPS) is 14.2. The Morgan fingerprint density at radius 1 is 0.973 bits per heavy atom. The van der Waals surface area contributed by atoms with Crippen molar-refractivity contribution in [1.82, 2.24) is 4.90 Å². The highest BCUT2D eigenvalue weighted by atomic mass is 32.2. The van der Waals surface area contributed by atoms with E-state index in [-0.39, 0.29) is 40.4 Å². The topological polar surface area (TPSA) is 82.1 Å². The van der Waals surface area contributed by atoms with Crippen molar-refractivity contribution in [3.63, 3.8) is 0 Å². The molecular formula is C28H24FNO6S. The minimum Gasteiger partial charge on any atom is -0.492 e. The van der Waals surface area contributed by atoms with Crippen molar-refractivity contribution < 1.29 is 33.0 Å². The number of esters is 1. The summed E-state index contributed by atoms with van der Waals surface area (Å²) < 4.78 is 29.8. The minimum absolute atomic E-state index is 0.123. The summed E-state index contributed by atoms with van der Waals surface area (Å²) in [7, 11) is 0. The van der Waals surface area contributed by atoms with Gasteiger partial charge < -0.3 is 14.2 Å². The van der Waals surface area contributed by atoms with Crippen molar-refractivity contribution in [3.8, 4) is 17.2 Å². The van der Waals surface area contributed by atoms with Gasteiger partial charge in [0.15, 0.2) is 11.5 Å². The second-order valence-corrected chi connectivity index (χ2v) is 9.02. The van der Waals surface area contributed by atoms with E-state index < -0.39 is 17.7 Å². The van der Waals surface area contributed by atoms with Gasteiger partial charge in [-0.2, -0.15) is 0 Å². The number of thioether (sulfide) groups is 1. The molecule has 4 rings (SSSR count). The molecule has 1 fully saturated rings. The molecule has 3 aromatic carbocycles. The maximum atomic E-state index is 13.1. The van der Waals surface area contributed by atoms with E-state index in [0.717, 1.165) is 22.2 Å². The zero-order valence-corrected chi connectivity index (χ0v) is 21.0. The summed E-state index contributed by atoms with van der Waals surface area (Å²) in [5, 5.41) is -0.376. The van der Waals surface area contributed by atoms with E-state index in [1.165, 1.54) is 30.3 Å². The summed E-state index contributed by atoms with van der Waals surface area (Å²) in [6.45, 7) is 4.36. The Labute approximate surface area is 217 Å². The van der Waals surface area contributed by atoms with E-state index in [2.05, 4.69) is 0 Å². The first kappa shape index (κ1) is 26.0. The Kier molecular flexibility index (Phi) is 8.25. The fourth-order valence-corrected chi connectivity index (χ4v) is 4.31. The SMILES string of the molecule is CCOc1cc(/C=C2\SC(=O)N(CCOc3ccc(C)cc3)C2=O)ccc1OC(=O)c1ccc(F)cc1. The van der Waals surface area contributed by atoms with Crippen LogP contribution in [0.15, 0.2) is 71.6 Å². The van der Waals surface area contributed by atoms with Gasteiger partial charge in [0, 0.05) is 0 Å². The number of benzene rings is 3. The lowest BCUT2D eigenvalue weighted by Crippen LogP contribution is -2.32. The Morgan fingerprint density at radius 2 is 1.70 bits per heavy atom. The molecular weight excluding hydrogens is 497 g/mol. The number of rotatable bonds is 9. The van der Waals surface area contributed by atoms with E-state index in [4.69, 9.17) is 14.2 Å².